The molecule has 10 nitrogen and oxygen atoms in total. The van der Waals surface area contributed by atoms with E-state index in [2.05, 4.69) is 40.0 Å². The molecule has 0 spiro atoms. The SMILES string of the molecule is CCn1nccc1CN1CCN(C(=O)c2cc3c(cc2C)[nH]c(=O)c2cnn(C4CCOCC4)c23)C[C@@H]1C. The number of hydrogen-bond acceptors (Lipinski definition) is 6. The molecule has 0 bridgehead atoms. The number of benzene rings is 1. The first-order chi connectivity index (χ1) is 18.4. The van der Waals surface area contributed by atoms with E-state index in [4.69, 9.17) is 4.74 Å². The van der Waals surface area contributed by atoms with Crippen molar-refractivity contribution >= 4 is 27.7 Å². The normalized spacial score (nSPS) is 19.6. The standard InChI is InChI=1S/C28H35N7O3/c1-4-34-21(5-8-29-34)17-32-9-10-33(16-19(32)3)28(37)22-14-23-25(13-18(22)2)31-27(36)24-15-30-35(26(23)24)20-6-11-38-12-7-20/h5,8,13-15,19-20H,4,6-7,9-12,16-17H2,1-3H3,(H,31,36)/t19-/m0/s1. The summed E-state index contributed by atoms with van der Waals surface area (Å²) in [6.07, 6.45) is 5.20. The number of aromatic amines is 1. The molecule has 0 unspecified atom stereocenters. The van der Waals surface area contributed by atoms with E-state index in [-0.39, 0.29) is 23.6 Å². The summed E-state index contributed by atoms with van der Waals surface area (Å²) >= 11 is 0. The summed E-state index contributed by atoms with van der Waals surface area (Å²) in [4.78, 5) is 34.1. The zero-order chi connectivity index (χ0) is 26.4. The van der Waals surface area contributed by atoms with Gasteiger partial charge in [0, 0.05) is 69.1 Å². The molecule has 1 amide bonds. The fourth-order valence-corrected chi connectivity index (χ4v) is 6.00. The Kier molecular flexibility index (Phi) is 6.53. The van der Waals surface area contributed by atoms with Crippen LogP contribution in [0.4, 0.5) is 0 Å². The van der Waals surface area contributed by atoms with Crippen LogP contribution in [0, 0.1) is 6.92 Å². The number of amides is 1. The van der Waals surface area contributed by atoms with Gasteiger partial charge in [-0.1, -0.05) is 0 Å². The minimum absolute atomic E-state index is 0.0333. The number of pyridine rings is 1. The third kappa shape index (κ3) is 4.31. The summed E-state index contributed by atoms with van der Waals surface area (Å²) in [6, 6.07) is 6.36. The molecule has 4 aromatic rings. The predicted octanol–water partition coefficient (Wildman–Crippen LogP) is 3.10. The molecule has 200 valence electrons. The highest BCUT2D eigenvalue weighted by molar-refractivity contribution is 6.07. The van der Waals surface area contributed by atoms with Gasteiger partial charge in [0.15, 0.2) is 0 Å². The van der Waals surface area contributed by atoms with E-state index in [0.717, 1.165) is 54.5 Å². The van der Waals surface area contributed by atoms with Crippen molar-refractivity contribution < 1.29 is 9.53 Å². The first kappa shape index (κ1) is 24.8. The maximum atomic E-state index is 13.8. The molecular weight excluding hydrogens is 482 g/mol. The smallest absolute Gasteiger partial charge is 0.259 e. The fraction of sp³-hybridized carbons (Fsp3) is 0.500. The van der Waals surface area contributed by atoms with Gasteiger partial charge < -0.3 is 14.6 Å². The van der Waals surface area contributed by atoms with Crippen LogP contribution < -0.4 is 5.56 Å². The van der Waals surface area contributed by atoms with Crippen LogP contribution in [0.3, 0.4) is 0 Å². The molecule has 0 saturated carbocycles. The van der Waals surface area contributed by atoms with Crippen molar-refractivity contribution in [1.82, 2.24) is 34.3 Å². The molecule has 2 aliphatic rings. The van der Waals surface area contributed by atoms with Gasteiger partial charge in [0.05, 0.1) is 34.4 Å². The van der Waals surface area contributed by atoms with Crippen LogP contribution >= 0.6 is 0 Å². The third-order valence-corrected chi connectivity index (χ3v) is 8.20. The molecule has 1 atom stereocenters. The number of H-pyrrole nitrogens is 1. The lowest BCUT2D eigenvalue weighted by Crippen LogP contribution is -2.53. The number of carbonyl (C=O) groups excluding carboxylic acids is 1. The first-order valence-corrected chi connectivity index (χ1v) is 13.6. The fourth-order valence-electron chi connectivity index (χ4n) is 6.00. The predicted molar refractivity (Wildman–Crippen MR) is 145 cm³/mol. The highest BCUT2D eigenvalue weighted by atomic mass is 16.5. The number of carbonyl (C=O) groups is 1. The lowest BCUT2D eigenvalue weighted by Gasteiger charge is -2.40. The number of aryl methyl sites for hydroxylation is 2. The van der Waals surface area contributed by atoms with Crippen molar-refractivity contribution in [3.63, 3.8) is 0 Å². The van der Waals surface area contributed by atoms with Gasteiger partial charge in [-0.2, -0.15) is 10.2 Å². The van der Waals surface area contributed by atoms with E-state index >= 15 is 0 Å². The van der Waals surface area contributed by atoms with Gasteiger partial charge in [0.2, 0.25) is 0 Å². The second kappa shape index (κ2) is 9.99. The summed E-state index contributed by atoms with van der Waals surface area (Å²) in [5.74, 6) is 0.0333. The Labute approximate surface area is 221 Å². The molecule has 0 aliphatic carbocycles. The number of ether oxygens (including phenoxy) is 1. The Balaban J connectivity index is 1.30. The quantitative estimate of drug-likeness (QED) is 0.437. The average Bonchev–Trinajstić information content (AvgIpc) is 3.57. The maximum absolute atomic E-state index is 13.8. The average molecular weight is 518 g/mol. The molecule has 2 saturated heterocycles. The van der Waals surface area contributed by atoms with Crippen LogP contribution in [0.5, 0.6) is 0 Å². The van der Waals surface area contributed by atoms with Crippen molar-refractivity contribution in [3.05, 3.63) is 57.8 Å². The van der Waals surface area contributed by atoms with Crippen molar-refractivity contribution in [3.8, 4) is 0 Å². The second-order valence-corrected chi connectivity index (χ2v) is 10.6. The summed E-state index contributed by atoms with van der Waals surface area (Å²) in [5.41, 5.74) is 4.11. The molecule has 10 heteroatoms. The van der Waals surface area contributed by atoms with Crippen LogP contribution in [-0.2, 0) is 17.8 Å². The Hall–Kier alpha value is -3.50. The molecular formula is C28H35N7O3. The zero-order valence-corrected chi connectivity index (χ0v) is 22.3. The minimum Gasteiger partial charge on any atom is -0.381 e. The largest absolute Gasteiger partial charge is 0.381 e. The van der Waals surface area contributed by atoms with E-state index in [0.29, 0.717) is 37.3 Å². The van der Waals surface area contributed by atoms with Crippen LogP contribution in [-0.4, -0.2) is 79.1 Å². The van der Waals surface area contributed by atoms with Gasteiger partial charge in [-0.05, 0) is 57.4 Å². The first-order valence-electron chi connectivity index (χ1n) is 13.6. The van der Waals surface area contributed by atoms with E-state index in [1.165, 1.54) is 5.69 Å². The highest BCUT2D eigenvalue weighted by Gasteiger charge is 2.29. The summed E-state index contributed by atoms with van der Waals surface area (Å²) in [5, 5.41) is 10.4. The molecule has 1 N–H and O–H groups in total. The Morgan fingerprint density at radius 1 is 1.16 bits per heavy atom. The number of aromatic nitrogens is 5. The lowest BCUT2D eigenvalue weighted by atomic mass is 10.0. The summed E-state index contributed by atoms with van der Waals surface area (Å²) < 4.78 is 9.54. The molecule has 1 aromatic carbocycles. The zero-order valence-electron chi connectivity index (χ0n) is 22.3. The number of rotatable bonds is 5. The monoisotopic (exact) mass is 517 g/mol. The van der Waals surface area contributed by atoms with Crippen molar-refractivity contribution in [2.24, 2.45) is 0 Å². The summed E-state index contributed by atoms with van der Waals surface area (Å²) in [6.45, 7) is 11.4. The Morgan fingerprint density at radius 2 is 1.97 bits per heavy atom. The molecule has 6 rings (SSSR count). The lowest BCUT2D eigenvalue weighted by molar-refractivity contribution is 0.0488. The Bertz CT molecular complexity index is 1550. The van der Waals surface area contributed by atoms with Gasteiger partial charge in [-0.15, -0.1) is 0 Å². The van der Waals surface area contributed by atoms with E-state index in [9.17, 15) is 9.59 Å². The van der Waals surface area contributed by atoms with Gasteiger partial charge in [0.25, 0.3) is 11.5 Å². The van der Waals surface area contributed by atoms with Gasteiger partial charge in [0.1, 0.15) is 0 Å². The maximum Gasteiger partial charge on any atom is 0.259 e. The molecule has 2 aliphatic heterocycles. The number of nitrogens with zero attached hydrogens (tertiary/aromatic N) is 6. The Morgan fingerprint density at radius 3 is 2.74 bits per heavy atom. The van der Waals surface area contributed by atoms with E-state index in [1.807, 2.05) is 39.5 Å². The number of nitrogens with one attached hydrogen (secondary N) is 1. The number of piperazine rings is 1. The third-order valence-electron chi connectivity index (χ3n) is 8.20. The minimum atomic E-state index is -0.154. The second-order valence-electron chi connectivity index (χ2n) is 10.6. The van der Waals surface area contributed by atoms with Crippen LogP contribution in [0.1, 0.15) is 54.3 Å². The van der Waals surface area contributed by atoms with Gasteiger partial charge >= 0.3 is 0 Å². The number of fused-ring (bicyclic) bond motifs is 3. The van der Waals surface area contributed by atoms with Gasteiger partial charge in [-0.3, -0.25) is 23.9 Å². The molecule has 2 fully saturated rings. The van der Waals surface area contributed by atoms with Crippen molar-refractivity contribution in [2.75, 3.05) is 32.8 Å². The van der Waals surface area contributed by atoms with Crippen LogP contribution in [0.2, 0.25) is 0 Å². The molecule has 38 heavy (non-hydrogen) atoms. The van der Waals surface area contributed by atoms with Crippen molar-refractivity contribution in [2.45, 2.75) is 58.8 Å². The molecule has 0 radical (unpaired) electrons. The van der Waals surface area contributed by atoms with Crippen LogP contribution in [0.25, 0.3) is 21.8 Å². The van der Waals surface area contributed by atoms with Crippen molar-refractivity contribution in [1.29, 1.82) is 0 Å². The summed E-state index contributed by atoms with van der Waals surface area (Å²) in [7, 11) is 0. The molecule has 3 aromatic heterocycles. The van der Waals surface area contributed by atoms with E-state index < -0.39 is 0 Å². The number of hydrogen-bond donors (Lipinski definition) is 1. The van der Waals surface area contributed by atoms with E-state index in [1.54, 1.807) is 6.20 Å². The van der Waals surface area contributed by atoms with Gasteiger partial charge in [-0.25, -0.2) is 0 Å². The van der Waals surface area contributed by atoms with Crippen LogP contribution in [0.15, 0.2) is 35.4 Å². The topological polar surface area (TPSA) is 101 Å². The molecule has 5 heterocycles. The highest BCUT2D eigenvalue weighted by Crippen LogP contribution is 2.30.